The minimum absolute atomic E-state index is 0.0868. The Labute approximate surface area is 138 Å². The molecule has 9 nitrogen and oxygen atoms in total. The standard InChI is InChI=1S/C14H21FN4O5/c15-11(13(21)22)24-19-9-1-2-10(18(7-9)14(19)23)12(20)17-8-3-5-16-6-4-8/h8-11,16H,1-7H2,(H,17,20)(H,21,22)/t9-,10+,11?/m1/s1. The molecule has 3 aliphatic heterocycles. The molecule has 0 aromatic carbocycles. The maximum atomic E-state index is 13.3. The van der Waals surface area contributed by atoms with Crippen molar-refractivity contribution in [2.24, 2.45) is 0 Å². The van der Waals surface area contributed by atoms with E-state index in [9.17, 15) is 18.8 Å². The highest BCUT2D eigenvalue weighted by molar-refractivity contribution is 5.88. The van der Waals surface area contributed by atoms with Gasteiger partial charge in [-0.05, 0) is 38.8 Å². The topological polar surface area (TPSA) is 111 Å². The average Bonchev–Trinajstić information content (AvgIpc) is 2.80. The molecule has 0 spiro atoms. The van der Waals surface area contributed by atoms with Crippen LogP contribution in [-0.2, 0) is 14.4 Å². The minimum atomic E-state index is -2.60. The normalized spacial score (nSPS) is 28.8. The van der Waals surface area contributed by atoms with Crippen LogP contribution in [0.5, 0.6) is 0 Å². The number of alkyl halides is 1. The van der Waals surface area contributed by atoms with Gasteiger partial charge in [-0.1, -0.05) is 0 Å². The quantitative estimate of drug-likeness (QED) is 0.616. The summed E-state index contributed by atoms with van der Waals surface area (Å²) >= 11 is 0. The number of rotatable bonds is 5. The van der Waals surface area contributed by atoms with E-state index in [-0.39, 0.29) is 18.5 Å². The van der Waals surface area contributed by atoms with E-state index in [4.69, 9.17) is 5.11 Å². The van der Waals surface area contributed by atoms with Crippen molar-refractivity contribution in [1.29, 1.82) is 0 Å². The van der Waals surface area contributed by atoms with E-state index in [0.29, 0.717) is 12.8 Å². The summed E-state index contributed by atoms with van der Waals surface area (Å²) in [5.41, 5.74) is 0. The summed E-state index contributed by atoms with van der Waals surface area (Å²) < 4.78 is 13.3. The zero-order chi connectivity index (χ0) is 17.3. The molecule has 3 atom stereocenters. The largest absolute Gasteiger partial charge is 0.477 e. The van der Waals surface area contributed by atoms with Crippen LogP contribution in [0.25, 0.3) is 0 Å². The van der Waals surface area contributed by atoms with E-state index in [0.717, 1.165) is 31.0 Å². The van der Waals surface area contributed by atoms with Crippen molar-refractivity contribution in [2.75, 3.05) is 19.6 Å². The lowest BCUT2D eigenvalue weighted by molar-refractivity contribution is -0.223. The molecule has 24 heavy (non-hydrogen) atoms. The molecule has 3 amide bonds. The van der Waals surface area contributed by atoms with Gasteiger partial charge in [0.15, 0.2) is 0 Å². The molecule has 0 radical (unpaired) electrons. The Hall–Kier alpha value is -1.94. The van der Waals surface area contributed by atoms with Crippen molar-refractivity contribution in [3.63, 3.8) is 0 Å². The lowest BCUT2D eigenvalue weighted by Crippen LogP contribution is -2.53. The van der Waals surface area contributed by atoms with Gasteiger partial charge in [-0.15, -0.1) is 0 Å². The molecule has 10 heteroatoms. The Balaban J connectivity index is 1.61. The number of aliphatic carboxylic acids is 1. The molecule has 3 aliphatic rings. The maximum Gasteiger partial charge on any atom is 0.368 e. The Bertz CT molecular complexity index is 527. The van der Waals surface area contributed by atoms with Gasteiger partial charge in [0, 0.05) is 12.6 Å². The predicted molar refractivity (Wildman–Crippen MR) is 78.4 cm³/mol. The van der Waals surface area contributed by atoms with E-state index in [2.05, 4.69) is 15.5 Å². The molecular weight excluding hydrogens is 323 g/mol. The lowest BCUT2D eigenvalue weighted by atomic mass is 9.99. The molecule has 3 rings (SSSR count). The second-order valence-corrected chi connectivity index (χ2v) is 6.30. The number of amides is 3. The number of nitrogens with one attached hydrogen (secondary N) is 2. The first-order valence-electron chi connectivity index (χ1n) is 8.12. The first kappa shape index (κ1) is 16.9. The number of carboxylic acid groups (broad SMARTS) is 1. The zero-order valence-electron chi connectivity index (χ0n) is 13.1. The van der Waals surface area contributed by atoms with Gasteiger partial charge in [0.05, 0.1) is 6.04 Å². The van der Waals surface area contributed by atoms with Gasteiger partial charge in [0.1, 0.15) is 6.04 Å². The number of hydroxylamine groups is 2. The number of carbonyl (C=O) groups excluding carboxylic acids is 2. The van der Waals surface area contributed by atoms with Gasteiger partial charge in [-0.3, -0.25) is 4.79 Å². The molecular formula is C14H21FN4O5. The van der Waals surface area contributed by atoms with Crippen molar-refractivity contribution < 1.29 is 28.7 Å². The SMILES string of the molecule is O=C(O)C(F)ON1C(=O)N2C[C@H]1CC[C@H]2C(=O)NC1CCNCC1. The minimum Gasteiger partial charge on any atom is -0.477 e. The van der Waals surface area contributed by atoms with Crippen molar-refractivity contribution >= 4 is 17.9 Å². The fourth-order valence-electron chi connectivity index (χ4n) is 3.45. The fraction of sp³-hybridized carbons (Fsp3) is 0.786. The summed E-state index contributed by atoms with van der Waals surface area (Å²) in [6, 6.07) is -1.63. The third-order valence-electron chi connectivity index (χ3n) is 4.71. The van der Waals surface area contributed by atoms with Gasteiger partial charge in [0.25, 0.3) is 0 Å². The van der Waals surface area contributed by atoms with Crippen molar-refractivity contribution in [3.8, 4) is 0 Å². The smallest absolute Gasteiger partial charge is 0.368 e. The van der Waals surface area contributed by atoms with E-state index in [1.54, 1.807) is 0 Å². The van der Waals surface area contributed by atoms with Crippen LogP contribution in [0.1, 0.15) is 25.7 Å². The van der Waals surface area contributed by atoms with Gasteiger partial charge >= 0.3 is 18.4 Å². The van der Waals surface area contributed by atoms with Gasteiger partial charge < -0.3 is 20.6 Å². The number of carboxylic acids is 1. The van der Waals surface area contributed by atoms with Crippen LogP contribution in [0.2, 0.25) is 0 Å². The van der Waals surface area contributed by atoms with Gasteiger partial charge in [-0.2, -0.15) is 5.06 Å². The Morgan fingerprint density at radius 2 is 2.00 bits per heavy atom. The maximum absolute atomic E-state index is 13.3. The second-order valence-electron chi connectivity index (χ2n) is 6.30. The summed E-state index contributed by atoms with van der Waals surface area (Å²) in [5, 5.41) is 15.5. The Morgan fingerprint density at radius 1 is 1.29 bits per heavy atom. The van der Waals surface area contributed by atoms with Crippen LogP contribution in [0, 0.1) is 0 Å². The summed E-state index contributed by atoms with van der Waals surface area (Å²) in [4.78, 5) is 41.3. The van der Waals surface area contributed by atoms with Crippen molar-refractivity contribution in [2.45, 2.75) is 50.2 Å². The molecule has 3 heterocycles. The number of nitrogens with zero attached hydrogens (tertiary/aromatic N) is 2. The molecule has 0 aromatic heterocycles. The molecule has 0 aliphatic carbocycles. The number of carbonyl (C=O) groups is 3. The van der Waals surface area contributed by atoms with Crippen LogP contribution in [-0.4, -0.2) is 77.1 Å². The third-order valence-corrected chi connectivity index (χ3v) is 4.71. The number of fused-ring (bicyclic) bond motifs is 2. The average molecular weight is 344 g/mol. The first-order valence-corrected chi connectivity index (χ1v) is 8.12. The lowest BCUT2D eigenvalue weighted by Gasteiger charge is -2.32. The van der Waals surface area contributed by atoms with Crippen LogP contribution in [0.3, 0.4) is 0 Å². The van der Waals surface area contributed by atoms with Crippen LogP contribution >= 0.6 is 0 Å². The number of piperidine rings is 2. The van der Waals surface area contributed by atoms with Crippen LogP contribution in [0.4, 0.5) is 9.18 Å². The molecule has 3 fully saturated rings. The van der Waals surface area contributed by atoms with Gasteiger partial charge in [0.2, 0.25) is 5.91 Å². The first-order chi connectivity index (χ1) is 11.5. The molecule has 134 valence electrons. The highest BCUT2D eigenvalue weighted by atomic mass is 19.1. The number of hydrogen-bond donors (Lipinski definition) is 3. The predicted octanol–water partition coefficient (Wildman–Crippen LogP) is -0.565. The highest BCUT2D eigenvalue weighted by Gasteiger charge is 2.49. The molecule has 2 bridgehead atoms. The molecule has 3 saturated heterocycles. The fourth-order valence-corrected chi connectivity index (χ4v) is 3.45. The van der Waals surface area contributed by atoms with Crippen molar-refractivity contribution in [3.05, 3.63) is 0 Å². The number of urea groups is 1. The Kier molecular flexibility index (Phi) is 4.86. The van der Waals surface area contributed by atoms with E-state index in [1.807, 2.05) is 0 Å². The molecule has 0 aromatic rings. The van der Waals surface area contributed by atoms with Gasteiger partial charge in [-0.25, -0.2) is 18.8 Å². The monoisotopic (exact) mass is 344 g/mol. The molecule has 3 N–H and O–H groups in total. The molecule has 0 saturated carbocycles. The zero-order valence-corrected chi connectivity index (χ0v) is 13.1. The van der Waals surface area contributed by atoms with Crippen molar-refractivity contribution in [1.82, 2.24) is 20.6 Å². The summed E-state index contributed by atoms with van der Waals surface area (Å²) in [5.74, 6) is -2.01. The summed E-state index contributed by atoms with van der Waals surface area (Å²) in [6.07, 6.45) is -0.0223. The van der Waals surface area contributed by atoms with Crippen LogP contribution < -0.4 is 10.6 Å². The summed E-state index contributed by atoms with van der Waals surface area (Å²) in [7, 11) is 0. The van der Waals surface area contributed by atoms with E-state index >= 15 is 0 Å². The van der Waals surface area contributed by atoms with E-state index in [1.165, 1.54) is 4.90 Å². The molecule has 1 unspecified atom stereocenters. The summed E-state index contributed by atoms with van der Waals surface area (Å²) in [6.45, 7) is 1.92. The third kappa shape index (κ3) is 3.29. The Morgan fingerprint density at radius 3 is 2.67 bits per heavy atom. The second kappa shape index (κ2) is 6.89. The number of hydrogen-bond acceptors (Lipinski definition) is 5. The highest BCUT2D eigenvalue weighted by Crippen LogP contribution is 2.31. The number of halogens is 1. The van der Waals surface area contributed by atoms with E-state index < -0.39 is 30.4 Å². The van der Waals surface area contributed by atoms with Crippen LogP contribution in [0.15, 0.2) is 0 Å².